The Morgan fingerprint density at radius 2 is 2.17 bits per heavy atom. The third kappa shape index (κ3) is 6.31. The van der Waals surface area contributed by atoms with Gasteiger partial charge in [-0.15, -0.1) is 5.10 Å². The number of sulfone groups is 1. The van der Waals surface area contributed by atoms with Crippen molar-refractivity contribution < 1.29 is 8.42 Å². The Labute approximate surface area is 112 Å². The van der Waals surface area contributed by atoms with Gasteiger partial charge in [0.25, 0.3) is 0 Å². The molecular weight excluding hydrogens is 274 g/mol. The molecule has 1 aromatic heterocycles. The van der Waals surface area contributed by atoms with Gasteiger partial charge in [0.15, 0.2) is 0 Å². The molecule has 0 unspecified atom stereocenters. The lowest BCUT2D eigenvalue weighted by Gasteiger charge is -2.04. The standard InChI is InChI=1S/C9H19N5O2S2/c1-3-4-10-5-6-14-9(11-12-13-14)17-7-8-18(2,15)16/h10H,3-8H2,1-2H3. The largest absolute Gasteiger partial charge is 0.315 e. The molecule has 0 fully saturated rings. The SMILES string of the molecule is CCCNCCn1nnnc1SCCS(C)(=O)=O. The second-order valence-electron chi connectivity index (χ2n) is 3.91. The van der Waals surface area contributed by atoms with Crippen molar-refractivity contribution in [3.05, 3.63) is 0 Å². The van der Waals surface area contributed by atoms with E-state index in [9.17, 15) is 8.42 Å². The summed E-state index contributed by atoms with van der Waals surface area (Å²) in [6.45, 7) is 4.57. The number of thioether (sulfide) groups is 1. The van der Waals surface area contributed by atoms with Gasteiger partial charge in [-0.2, -0.15) is 0 Å². The van der Waals surface area contributed by atoms with Crippen LogP contribution < -0.4 is 5.32 Å². The molecule has 104 valence electrons. The first-order chi connectivity index (χ1) is 8.53. The third-order valence-corrected chi connectivity index (χ3v) is 4.27. The highest BCUT2D eigenvalue weighted by atomic mass is 32.2. The lowest BCUT2D eigenvalue weighted by molar-refractivity contribution is 0.510. The number of tetrazole rings is 1. The highest BCUT2D eigenvalue weighted by Crippen LogP contribution is 2.13. The van der Waals surface area contributed by atoms with E-state index >= 15 is 0 Å². The molecule has 1 N–H and O–H groups in total. The van der Waals surface area contributed by atoms with Crippen molar-refractivity contribution in [2.75, 3.05) is 30.9 Å². The molecule has 0 saturated carbocycles. The van der Waals surface area contributed by atoms with E-state index in [1.54, 1.807) is 4.68 Å². The van der Waals surface area contributed by atoms with Crippen molar-refractivity contribution in [3.63, 3.8) is 0 Å². The summed E-state index contributed by atoms with van der Waals surface area (Å²) in [5, 5.41) is 15.3. The molecule has 0 bridgehead atoms. The average molecular weight is 293 g/mol. The summed E-state index contributed by atoms with van der Waals surface area (Å²) in [7, 11) is -2.93. The van der Waals surface area contributed by atoms with Crippen LogP contribution in [0.3, 0.4) is 0 Å². The molecule has 7 nitrogen and oxygen atoms in total. The van der Waals surface area contributed by atoms with Gasteiger partial charge in [0.1, 0.15) is 9.84 Å². The second-order valence-corrected chi connectivity index (χ2v) is 7.23. The second kappa shape index (κ2) is 7.70. The van der Waals surface area contributed by atoms with Crippen LogP contribution in [0.1, 0.15) is 13.3 Å². The van der Waals surface area contributed by atoms with Gasteiger partial charge in [0.05, 0.1) is 12.3 Å². The molecule has 1 rings (SSSR count). The maximum absolute atomic E-state index is 11.0. The molecule has 0 aliphatic rings. The van der Waals surface area contributed by atoms with Gasteiger partial charge in [0, 0.05) is 18.6 Å². The first-order valence-electron chi connectivity index (χ1n) is 5.80. The van der Waals surface area contributed by atoms with E-state index in [-0.39, 0.29) is 5.75 Å². The van der Waals surface area contributed by atoms with E-state index in [0.717, 1.165) is 19.5 Å². The van der Waals surface area contributed by atoms with Crippen LogP contribution in [0.15, 0.2) is 5.16 Å². The Bertz CT molecular complexity index is 446. The maximum atomic E-state index is 11.0. The van der Waals surface area contributed by atoms with Crippen LogP contribution in [0.2, 0.25) is 0 Å². The monoisotopic (exact) mass is 293 g/mol. The van der Waals surface area contributed by atoms with Crippen LogP contribution in [-0.4, -0.2) is 59.5 Å². The minimum Gasteiger partial charge on any atom is -0.315 e. The molecule has 1 heterocycles. The smallest absolute Gasteiger partial charge is 0.209 e. The van der Waals surface area contributed by atoms with Crippen molar-refractivity contribution >= 4 is 21.6 Å². The minimum atomic E-state index is -2.93. The van der Waals surface area contributed by atoms with E-state index in [1.807, 2.05) is 0 Å². The van der Waals surface area contributed by atoms with E-state index in [1.165, 1.54) is 18.0 Å². The number of nitrogens with one attached hydrogen (secondary N) is 1. The summed E-state index contributed by atoms with van der Waals surface area (Å²) in [5.41, 5.74) is 0. The van der Waals surface area contributed by atoms with Gasteiger partial charge in [-0.25, -0.2) is 13.1 Å². The number of aromatic nitrogens is 4. The molecule has 0 saturated heterocycles. The summed E-state index contributed by atoms with van der Waals surface area (Å²) in [5.74, 6) is 0.611. The number of nitrogens with zero attached hydrogens (tertiary/aromatic N) is 4. The Morgan fingerprint density at radius 1 is 1.39 bits per heavy atom. The number of hydrogen-bond acceptors (Lipinski definition) is 7. The zero-order valence-corrected chi connectivity index (χ0v) is 12.3. The summed E-state index contributed by atoms with van der Waals surface area (Å²) < 4.78 is 23.7. The van der Waals surface area contributed by atoms with Gasteiger partial charge in [-0.05, 0) is 23.4 Å². The first kappa shape index (κ1) is 15.4. The lowest BCUT2D eigenvalue weighted by Crippen LogP contribution is -2.21. The van der Waals surface area contributed by atoms with Crippen LogP contribution in [0.25, 0.3) is 0 Å². The highest BCUT2D eigenvalue weighted by molar-refractivity contribution is 8.00. The first-order valence-corrected chi connectivity index (χ1v) is 8.85. The fourth-order valence-electron chi connectivity index (χ4n) is 1.21. The van der Waals surface area contributed by atoms with Gasteiger partial charge in [-0.1, -0.05) is 18.7 Å². The molecule has 0 aliphatic carbocycles. The molecule has 9 heteroatoms. The zero-order valence-electron chi connectivity index (χ0n) is 10.7. The molecule has 0 spiro atoms. The van der Waals surface area contributed by atoms with E-state index in [4.69, 9.17) is 0 Å². The fraction of sp³-hybridized carbons (Fsp3) is 0.889. The molecular formula is C9H19N5O2S2. The normalized spacial score (nSPS) is 11.9. The number of hydrogen-bond donors (Lipinski definition) is 1. The Morgan fingerprint density at radius 3 is 2.83 bits per heavy atom. The molecule has 1 aromatic rings. The van der Waals surface area contributed by atoms with Crippen molar-refractivity contribution in [1.29, 1.82) is 0 Å². The third-order valence-electron chi connectivity index (χ3n) is 2.11. The van der Waals surface area contributed by atoms with Gasteiger partial charge in [-0.3, -0.25) is 0 Å². The van der Waals surface area contributed by atoms with Crippen LogP contribution in [-0.2, 0) is 16.4 Å². The van der Waals surface area contributed by atoms with Crippen LogP contribution in [0, 0.1) is 0 Å². The maximum Gasteiger partial charge on any atom is 0.209 e. The summed E-state index contributed by atoms with van der Waals surface area (Å²) >= 11 is 1.36. The Kier molecular flexibility index (Phi) is 6.58. The van der Waals surface area contributed by atoms with E-state index < -0.39 is 9.84 Å². The average Bonchev–Trinajstić information content (AvgIpc) is 2.71. The van der Waals surface area contributed by atoms with Crippen molar-refractivity contribution in [2.45, 2.75) is 25.0 Å². The topological polar surface area (TPSA) is 89.8 Å². The fourth-order valence-corrected chi connectivity index (χ4v) is 3.31. The van der Waals surface area contributed by atoms with E-state index in [2.05, 4.69) is 27.8 Å². The van der Waals surface area contributed by atoms with E-state index in [0.29, 0.717) is 17.5 Å². The minimum absolute atomic E-state index is 0.138. The van der Waals surface area contributed by atoms with Crippen LogP contribution in [0.4, 0.5) is 0 Å². The Balaban J connectivity index is 2.35. The zero-order chi connectivity index (χ0) is 13.4. The predicted molar refractivity (Wildman–Crippen MR) is 71.4 cm³/mol. The summed E-state index contributed by atoms with van der Waals surface area (Å²) in [6.07, 6.45) is 2.32. The molecule has 0 radical (unpaired) electrons. The van der Waals surface area contributed by atoms with Gasteiger partial charge >= 0.3 is 0 Å². The lowest BCUT2D eigenvalue weighted by atomic mass is 10.5. The molecule has 0 aromatic carbocycles. The number of rotatable bonds is 9. The van der Waals surface area contributed by atoms with Crippen molar-refractivity contribution in [2.24, 2.45) is 0 Å². The van der Waals surface area contributed by atoms with Crippen molar-refractivity contribution in [1.82, 2.24) is 25.5 Å². The molecule has 18 heavy (non-hydrogen) atoms. The Hall–Kier alpha value is -0.670. The summed E-state index contributed by atoms with van der Waals surface area (Å²) in [6, 6.07) is 0. The highest BCUT2D eigenvalue weighted by Gasteiger charge is 2.08. The predicted octanol–water partition coefficient (Wildman–Crippen LogP) is -0.191. The van der Waals surface area contributed by atoms with Gasteiger partial charge < -0.3 is 5.32 Å². The molecule has 0 aliphatic heterocycles. The van der Waals surface area contributed by atoms with Gasteiger partial charge in [0.2, 0.25) is 5.16 Å². The summed E-state index contributed by atoms with van der Waals surface area (Å²) in [4.78, 5) is 0. The van der Waals surface area contributed by atoms with Crippen LogP contribution >= 0.6 is 11.8 Å². The van der Waals surface area contributed by atoms with Crippen LogP contribution in [0.5, 0.6) is 0 Å². The molecule has 0 atom stereocenters. The molecule has 0 amide bonds. The van der Waals surface area contributed by atoms with Crippen molar-refractivity contribution in [3.8, 4) is 0 Å². The quantitative estimate of drug-likeness (QED) is 0.498.